The van der Waals surface area contributed by atoms with E-state index in [2.05, 4.69) is 89.7 Å². The fourth-order valence-electron chi connectivity index (χ4n) is 7.88. The summed E-state index contributed by atoms with van der Waals surface area (Å²) in [7, 11) is 0. The molecule has 2 aromatic heterocycles. The van der Waals surface area contributed by atoms with Gasteiger partial charge in [-0.2, -0.15) is 23.7 Å². The molecule has 0 aliphatic heterocycles. The van der Waals surface area contributed by atoms with Gasteiger partial charge in [0.1, 0.15) is 0 Å². The Morgan fingerprint density at radius 3 is 1.70 bits per heavy atom. The summed E-state index contributed by atoms with van der Waals surface area (Å²) in [5.74, 6) is 0. The van der Waals surface area contributed by atoms with Crippen LogP contribution in [-0.2, 0) is 6.18 Å². The van der Waals surface area contributed by atoms with E-state index in [0.717, 1.165) is 78.2 Å². The highest BCUT2D eigenvalue weighted by atomic mass is 19.4. The quantitative estimate of drug-likeness (QED) is 0.183. The number of hydrogen-bond donors (Lipinski definition) is 0. The van der Waals surface area contributed by atoms with Crippen molar-refractivity contribution in [2.24, 2.45) is 0 Å². The van der Waals surface area contributed by atoms with Crippen LogP contribution in [0.2, 0.25) is 0 Å². The number of nitriles is 2. The van der Waals surface area contributed by atoms with Crippen LogP contribution in [0.1, 0.15) is 27.8 Å². The molecular weight excluding hydrogens is 678 g/mol. The van der Waals surface area contributed by atoms with Gasteiger partial charge in [0.25, 0.3) is 0 Å². The standard InChI is InChI=1S/C47H29F3N4/c1-28-11-18-44-39(21-28)36-7-3-5-9-42(36)53(44)34-16-13-31(26-51)38(25-34)41-24-30(35-17-15-33(47(48,49)50)23-32(35)27-52)14-20-46(41)54-43-10-6-4-8-37(43)40-22-29(2)12-19-45(40)54/h3-25H,1-2H3. The van der Waals surface area contributed by atoms with Gasteiger partial charge in [-0.25, -0.2) is 0 Å². The van der Waals surface area contributed by atoms with Crippen molar-refractivity contribution in [3.8, 4) is 45.8 Å². The highest BCUT2D eigenvalue weighted by molar-refractivity contribution is 6.11. The molecule has 7 heteroatoms. The first-order valence-electron chi connectivity index (χ1n) is 17.5. The molecule has 9 rings (SSSR count). The minimum Gasteiger partial charge on any atom is -0.309 e. The van der Waals surface area contributed by atoms with Crippen molar-refractivity contribution in [2.45, 2.75) is 20.0 Å². The normalized spacial score (nSPS) is 11.8. The van der Waals surface area contributed by atoms with Gasteiger partial charge in [-0.1, -0.05) is 71.8 Å². The van der Waals surface area contributed by atoms with Crippen LogP contribution in [0.4, 0.5) is 13.2 Å². The monoisotopic (exact) mass is 706 g/mol. The van der Waals surface area contributed by atoms with Gasteiger partial charge in [-0.05, 0) is 104 Å². The Morgan fingerprint density at radius 1 is 0.481 bits per heavy atom. The number of para-hydroxylation sites is 2. The Morgan fingerprint density at radius 2 is 1.07 bits per heavy atom. The molecule has 0 aliphatic carbocycles. The van der Waals surface area contributed by atoms with E-state index in [-0.39, 0.29) is 5.56 Å². The summed E-state index contributed by atoms with van der Waals surface area (Å²) in [5, 5.41) is 25.1. The average Bonchev–Trinajstić information content (AvgIpc) is 3.68. The molecule has 0 fully saturated rings. The van der Waals surface area contributed by atoms with Crippen molar-refractivity contribution in [1.29, 1.82) is 10.5 Å². The van der Waals surface area contributed by atoms with Crippen molar-refractivity contribution in [2.75, 3.05) is 0 Å². The third kappa shape index (κ3) is 5.13. The Balaban J connectivity index is 1.37. The first-order valence-corrected chi connectivity index (χ1v) is 17.5. The van der Waals surface area contributed by atoms with Crippen LogP contribution in [0, 0.1) is 36.5 Å². The molecule has 54 heavy (non-hydrogen) atoms. The second-order valence-electron chi connectivity index (χ2n) is 13.7. The minimum atomic E-state index is -4.60. The number of alkyl halides is 3. The lowest BCUT2D eigenvalue weighted by molar-refractivity contribution is -0.137. The molecule has 0 aliphatic rings. The van der Waals surface area contributed by atoms with Crippen molar-refractivity contribution in [1.82, 2.24) is 9.13 Å². The lowest BCUT2D eigenvalue weighted by atomic mass is 9.92. The molecule has 0 bridgehead atoms. The van der Waals surface area contributed by atoms with Crippen LogP contribution in [0.25, 0.3) is 77.2 Å². The third-order valence-corrected chi connectivity index (χ3v) is 10.3. The van der Waals surface area contributed by atoms with Crippen LogP contribution in [0.15, 0.2) is 140 Å². The molecule has 9 aromatic rings. The van der Waals surface area contributed by atoms with Gasteiger partial charge in [0.2, 0.25) is 0 Å². The van der Waals surface area contributed by atoms with Gasteiger partial charge >= 0.3 is 6.18 Å². The fourth-order valence-corrected chi connectivity index (χ4v) is 7.88. The number of hydrogen-bond acceptors (Lipinski definition) is 2. The minimum absolute atomic E-state index is 0.0919. The molecule has 7 aromatic carbocycles. The van der Waals surface area contributed by atoms with Crippen molar-refractivity contribution >= 4 is 43.6 Å². The largest absolute Gasteiger partial charge is 0.416 e. The van der Waals surface area contributed by atoms with Crippen LogP contribution in [0.3, 0.4) is 0 Å². The van der Waals surface area contributed by atoms with E-state index in [1.54, 1.807) is 0 Å². The highest BCUT2D eigenvalue weighted by Crippen LogP contribution is 2.42. The Labute approximate surface area is 308 Å². The number of halogens is 3. The number of fused-ring (bicyclic) bond motifs is 6. The number of nitrogens with zero attached hydrogens (tertiary/aromatic N) is 4. The van der Waals surface area contributed by atoms with E-state index in [0.29, 0.717) is 27.8 Å². The first-order chi connectivity index (χ1) is 26.1. The van der Waals surface area contributed by atoms with E-state index >= 15 is 0 Å². The summed E-state index contributed by atoms with van der Waals surface area (Å²) in [6.07, 6.45) is -4.60. The molecule has 0 N–H and O–H groups in total. The van der Waals surface area contributed by atoms with Crippen LogP contribution >= 0.6 is 0 Å². The highest BCUT2D eigenvalue weighted by Gasteiger charge is 2.31. The first kappa shape index (κ1) is 32.8. The predicted octanol–water partition coefficient (Wildman–Crippen LogP) is 12.6. The third-order valence-electron chi connectivity index (χ3n) is 10.3. The average molecular weight is 707 g/mol. The van der Waals surface area contributed by atoms with Gasteiger partial charge in [0, 0.05) is 38.4 Å². The van der Waals surface area contributed by atoms with E-state index in [4.69, 9.17) is 0 Å². The van der Waals surface area contributed by atoms with E-state index in [9.17, 15) is 23.7 Å². The molecule has 0 radical (unpaired) electrons. The zero-order chi connectivity index (χ0) is 37.3. The van der Waals surface area contributed by atoms with E-state index < -0.39 is 11.7 Å². The number of rotatable bonds is 4. The molecule has 0 amide bonds. The molecule has 4 nitrogen and oxygen atoms in total. The molecule has 0 saturated heterocycles. The number of benzene rings is 7. The van der Waals surface area contributed by atoms with Crippen LogP contribution in [-0.4, -0.2) is 9.13 Å². The fraction of sp³-hybridized carbons (Fsp3) is 0.0638. The van der Waals surface area contributed by atoms with Gasteiger partial charge in [-0.15, -0.1) is 0 Å². The Bertz CT molecular complexity index is 3090. The maximum atomic E-state index is 13.7. The van der Waals surface area contributed by atoms with Crippen molar-refractivity contribution < 1.29 is 13.2 Å². The van der Waals surface area contributed by atoms with Crippen LogP contribution in [0.5, 0.6) is 0 Å². The smallest absolute Gasteiger partial charge is 0.309 e. The Kier molecular flexibility index (Phi) is 7.44. The predicted molar refractivity (Wildman–Crippen MR) is 210 cm³/mol. The van der Waals surface area contributed by atoms with Crippen molar-refractivity contribution in [3.05, 3.63) is 167 Å². The van der Waals surface area contributed by atoms with Crippen LogP contribution < -0.4 is 0 Å². The lowest BCUT2D eigenvalue weighted by Crippen LogP contribution is -2.05. The van der Waals surface area contributed by atoms with E-state index in [1.165, 1.54) is 6.07 Å². The van der Waals surface area contributed by atoms with Gasteiger partial charge in [-0.3, -0.25) is 0 Å². The Hall–Kier alpha value is -7.09. The second kappa shape index (κ2) is 12.3. The number of aromatic nitrogens is 2. The molecular formula is C47H29F3N4. The maximum absolute atomic E-state index is 13.7. The number of aryl methyl sites for hydroxylation is 2. The molecule has 0 spiro atoms. The summed E-state index contributed by atoms with van der Waals surface area (Å²) in [6, 6.07) is 48.2. The summed E-state index contributed by atoms with van der Waals surface area (Å²) < 4.78 is 45.5. The molecule has 258 valence electrons. The zero-order valence-electron chi connectivity index (χ0n) is 29.2. The van der Waals surface area contributed by atoms with Crippen molar-refractivity contribution in [3.63, 3.8) is 0 Å². The van der Waals surface area contributed by atoms with Gasteiger partial charge in [0.05, 0.1) is 56.6 Å². The van der Waals surface area contributed by atoms with E-state index in [1.807, 2.05) is 66.7 Å². The molecule has 2 heterocycles. The SMILES string of the molecule is Cc1ccc2c(c1)c1ccccc1n2-c1ccc(C#N)c(-c2cc(-c3ccc(C(F)(F)F)cc3C#N)ccc2-n2c3ccccc3c3cc(C)ccc32)c1. The summed E-state index contributed by atoms with van der Waals surface area (Å²) in [5.41, 5.74) is 9.57. The molecule has 0 saturated carbocycles. The van der Waals surface area contributed by atoms with Gasteiger partial charge < -0.3 is 9.13 Å². The molecule has 0 atom stereocenters. The van der Waals surface area contributed by atoms with Gasteiger partial charge in [0.15, 0.2) is 0 Å². The topological polar surface area (TPSA) is 57.4 Å². The summed E-state index contributed by atoms with van der Waals surface area (Å²) >= 11 is 0. The zero-order valence-corrected chi connectivity index (χ0v) is 29.2. The maximum Gasteiger partial charge on any atom is 0.416 e. The second-order valence-corrected chi connectivity index (χ2v) is 13.7. The summed E-state index contributed by atoms with van der Waals surface area (Å²) in [6.45, 7) is 4.13. The lowest BCUT2D eigenvalue weighted by Gasteiger charge is -2.19. The molecule has 0 unspecified atom stereocenters. The summed E-state index contributed by atoms with van der Waals surface area (Å²) in [4.78, 5) is 0.